The first-order chi connectivity index (χ1) is 7.32. The Bertz CT molecular complexity index is 295. The first-order valence-electron chi connectivity index (χ1n) is 5.14. The average molecular weight is 230 g/mol. The Balaban J connectivity index is 5.28. The largest absolute Gasteiger partial charge is 0.468 e. The van der Waals surface area contributed by atoms with Gasteiger partial charge in [-0.3, -0.25) is 14.4 Å². The van der Waals surface area contributed by atoms with Gasteiger partial charge >= 0.3 is 17.9 Å². The molecule has 0 aliphatic heterocycles. The highest BCUT2D eigenvalue weighted by Gasteiger charge is 2.50. The third-order valence-electron chi connectivity index (χ3n) is 2.69. The summed E-state index contributed by atoms with van der Waals surface area (Å²) in [6, 6.07) is 0. The molecule has 0 bridgehead atoms. The Kier molecular flexibility index (Phi) is 5.14. The van der Waals surface area contributed by atoms with E-state index in [-0.39, 0.29) is 12.3 Å². The summed E-state index contributed by atoms with van der Waals surface area (Å²) >= 11 is 0. The van der Waals surface area contributed by atoms with Gasteiger partial charge in [-0.05, 0) is 12.3 Å². The molecule has 0 aromatic carbocycles. The number of methoxy groups -OCH3 is 1. The maximum atomic E-state index is 11.8. The molecule has 1 atom stereocenters. The molecule has 0 N–H and O–H groups in total. The van der Waals surface area contributed by atoms with Gasteiger partial charge in [0.2, 0.25) is 0 Å². The van der Waals surface area contributed by atoms with Gasteiger partial charge in [-0.25, -0.2) is 0 Å². The zero-order valence-electron chi connectivity index (χ0n) is 10.3. The Morgan fingerprint density at radius 2 is 1.69 bits per heavy atom. The highest BCUT2D eigenvalue weighted by molar-refractivity contribution is 6.03. The number of ether oxygens (including phenoxy) is 2. The number of rotatable bonds is 4. The van der Waals surface area contributed by atoms with Crippen LogP contribution in [0.1, 0.15) is 34.1 Å². The van der Waals surface area contributed by atoms with Crippen LogP contribution in [0.15, 0.2) is 0 Å². The lowest BCUT2D eigenvalue weighted by Gasteiger charge is -2.30. The second-order valence-electron chi connectivity index (χ2n) is 3.85. The van der Waals surface area contributed by atoms with Crippen molar-refractivity contribution in [2.75, 3.05) is 7.11 Å². The molecular formula is C11H18O5. The molecule has 5 nitrogen and oxygen atoms in total. The minimum absolute atomic E-state index is 0.226. The molecule has 0 rings (SSSR count). The van der Waals surface area contributed by atoms with Gasteiger partial charge in [0.25, 0.3) is 0 Å². The van der Waals surface area contributed by atoms with Crippen LogP contribution in [0.2, 0.25) is 0 Å². The topological polar surface area (TPSA) is 69.7 Å². The average Bonchev–Trinajstić information content (AvgIpc) is 2.17. The molecule has 0 aromatic rings. The normalized spacial score (nSPS) is 14.1. The van der Waals surface area contributed by atoms with Gasteiger partial charge in [0.1, 0.15) is 0 Å². The van der Waals surface area contributed by atoms with Gasteiger partial charge in [0.15, 0.2) is 5.41 Å². The van der Waals surface area contributed by atoms with Crippen molar-refractivity contribution in [2.24, 2.45) is 11.3 Å². The molecule has 0 spiro atoms. The van der Waals surface area contributed by atoms with Crippen LogP contribution in [-0.2, 0) is 23.9 Å². The fraction of sp³-hybridized carbons (Fsp3) is 0.727. The molecule has 0 radical (unpaired) electrons. The smallest absolute Gasteiger partial charge is 0.331 e. The predicted octanol–water partition coefficient (Wildman–Crippen LogP) is 1.30. The lowest BCUT2D eigenvalue weighted by molar-refractivity contribution is -0.178. The quantitative estimate of drug-likeness (QED) is 0.538. The van der Waals surface area contributed by atoms with E-state index in [4.69, 9.17) is 0 Å². The SMILES string of the molecule is CCC(C(=O)OC)(C(=O)OC(C)=O)C(C)C. The maximum absolute atomic E-state index is 11.8. The van der Waals surface area contributed by atoms with Crippen LogP contribution in [0.4, 0.5) is 0 Å². The lowest BCUT2D eigenvalue weighted by atomic mass is 9.75. The van der Waals surface area contributed by atoms with Crippen molar-refractivity contribution in [3.8, 4) is 0 Å². The molecule has 0 aliphatic carbocycles. The summed E-state index contributed by atoms with van der Waals surface area (Å²) in [5.41, 5.74) is -1.40. The van der Waals surface area contributed by atoms with Crippen LogP contribution < -0.4 is 0 Å². The van der Waals surface area contributed by atoms with Crippen molar-refractivity contribution in [1.29, 1.82) is 0 Å². The van der Waals surface area contributed by atoms with Crippen LogP contribution >= 0.6 is 0 Å². The van der Waals surface area contributed by atoms with E-state index in [1.165, 1.54) is 7.11 Å². The summed E-state index contributed by atoms with van der Waals surface area (Å²) in [4.78, 5) is 34.3. The zero-order chi connectivity index (χ0) is 12.9. The first-order valence-corrected chi connectivity index (χ1v) is 5.14. The maximum Gasteiger partial charge on any atom is 0.331 e. The van der Waals surface area contributed by atoms with Crippen molar-refractivity contribution in [3.05, 3.63) is 0 Å². The number of carbonyl (C=O) groups is 3. The Morgan fingerprint density at radius 1 is 1.19 bits per heavy atom. The first kappa shape index (κ1) is 14.6. The number of hydrogen-bond acceptors (Lipinski definition) is 5. The molecule has 5 heteroatoms. The predicted molar refractivity (Wildman–Crippen MR) is 56.4 cm³/mol. The monoisotopic (exact) mass is 230 g/mol. The third kappa shape index (κ3) is 2.59. The molecule has 0 saturated carbocycles. The van der Waals surface area contributed by atoms with Gasteiger partial charge in [-0.1, -0.05) is 20.8 Å². The highest BCUT2D eigenvalue weighted by atomic mass is 16.6. The molecule has 0 aliphatic rings. The molecule has 16 heavy (non-hydrogen) atoms. The minimum atomic E-state index is -1.40. The van der Waals surface area contributed by atoms with Crippen molar-refractivity contribution in [2.45, 2.75) is 34.1 Å². The van der Waals surface area contributed by atoms with Crippen LogP contribution in [-0.4, -0.2) is 25.0 Å². The zero-order valence-corrected chi connectivity index (χ0v) is 10.3. The molecule has 0 aromatic heterocycles. The van der Waals surface area contributed by atoms with Crippen molar-refractivity contribution in [1.82, 2.24) is 0 Å². The van der Waals surface area contributed by atoms with E-state index >= 15 is 0 Å². The number of carbonyl (C=O) groups excluding carboxylic acids is 3. The Hall–Kier alpha value is -1.39. The van der Waals surface area contributed by atoms with Gasteiger partial charge in [-0.15, -0.1) is 0 Å². The molecule has 0 saturated heterocycles. The van der Waals surface area contributed by atoms with Crippen molar-refractivity contribution in [3.63, 3.8) is 0 Å². The summed E-state index contributed by atoms with van der Waals surface area (Å²) in [6.07, 6.45) is 0.226. The van der Waals surface area contributed by atoms with E-state index in [9.17, 15) is 14.4 Å². The Labute approximate surface area is 95.1 Å². The number of hydrogen-bond donors (Lipinski definition) is 0. The number of esters is 3. The summed E-state index contributed by atoms with van der Waals surface area (Å²) in [5.74, 6) is -2.55. The van der Waals surface area contributed by atoms with Gasteiger partial charge in [-0.2, -0.15) is 0 Å². The van der Waals surface area contributed by atoms with Gasteiger partial charge < -0.3 is 9.47 Å². The summed E-state index contributed by atoms with van der Waals surface area (Å²) in [5, 5.41) is 0. The third-order valence-corrected chi connectivity index (χ3v) is 2.69. The molecule has 0 heterocycles. The molecule has 0 fully saturated rings. The fourth-order valence-corrected chi connectivity index (χ4v) is 1.66. The van der Waals surface area contributed by atoms with E-state index in [2.05, 4.69) is 9.47 Å². The molecule has 92 valence electrons. The molecular weight excluding hydrogens is 212 g/mol. The van der Waals surface area contributed by atoms with Crippen LogP contribution in [0, 0.1) is 11.3 Å². The van der Waals surface area contributed by atoms with Gasteiger partial charge in [0.05, 0.1) is 7.11 Å². The lowest BCUT2D eigenvalue weighted by Crippen LogP contribution is -2.45. The molecule has 1 unspecified atom stereocenters. The standard InChI is InChI=1S/C11H18O5/c1-6-11(7(2)3,9(13)15-5)10(14)16-8(4)12/h7H,6H2,1-5H3. The van der Waals surface area contributed by atoms with Gasteiger partial charge in [0, 0.05) is 6.92 Å². The Morgan fingerprint density at radius 3 is 1.94 bits per heavy atom. The summed E-state index contributed by atoms with van der Waals surface area (Å²) in [7, 11) is 1.20. The van der Waals surface area contributed by atoms with E-state index in [0.717, 1.165) is 6.92 Å². The van der Waals surface area contributed by atoms with Crippen LogP contribution in [0.5, 0.6) is 0 Å². The van der Waals surface area contributed by atoms with E-state index < -0.39 is 23.3 Å². The second kappa shape index (κ2) is 5.63. The van der Waals surface area contributed by atoms with Crippen molar-refractivity contribution >= 4 is 17.9 Å². The fourth-order valence-electron chi connectivity index (χ4n) is 1.66. The molecule has 0 amide bonds. The minimum Gasteiger partial charge on any atom is -0.468 e. The van der Waals surface area contributed by atoms with E-state index in [1.54, 1.807) is 20.8 Å². The van der Waals surface area contributed by atoms with Crippen LogP contribution in [0.25, 0.3) is 0 Å². The summed E-state index contributed by atoms with van der Waals surface area (Å²) in [6.45, 7) is 6.22. The van der Waals surface area contributed by atoms with E-state index in [1.807, 2.05) is 0 Å². The summed E-state index contributed by atoms with van der Waals surface area (Å²) < 4.78 is 9.13. The highest BCUT2D eigenvalue weighted by Crippen LogP contribution is 2.34. The van der Waals surface area contributed by atoms with E-state index in [0.29, 0.717) is 0 Å². The van der Waals surface area contributed by atoms with Crippen LogP contribution in [0.3, 0.4) is 0 Å². The second-order valence-corrected chi connectivity index (χ2v) is 3.85. The van der Waals surface area contributed by atoms with Crippen molar-refractivity contribution < 1.29 is 23.9 Å².